The summed E-state index contributed by atoms with van der Waals surface area (Å²) < 4.78 is 1.71. The maximum atomic E-state index is 12.7. The van der Waals surface area contributed by atoms with Gasteiger partial charge in [-0.1, -0.05) is 6.07 Å². The molecule has 0 aliphatic heterocycles. The van der Waals surface area contributed by atoms with Crippen LogP contribution in [-0.2, 0) is 0 Å². The Morgan fingerprint density at radius 2 is 1.89 bits per heavy atom. The van der Waals surface area contributed by atoms with E-state index in [-0.39, 0.29) is 5.91 Å². The summed E-state index contributed by atoms with van der Waals surface area (Å²) in [6.45, 7) is 3.95. The third-order valence-electron chi connectivity index (χ3n) is 3.98. The lowest BCUT2D eigenvalue weighted by atomic mass is 10.2. The van der Waals surface area contributed by atoms with Gasteiger partial charge < -0.3 is 0 Å². The molecule has 0 radical (unpaired) electrons. The standard InChI is InChI=1S/C19H16N6OS/c1-12-3-4-15(22-9-12)17-13(2)27-19(23-17)24-18(26)16-10-21-11-25(16)14-5-7-20-8-6-14/h3-11H,1-2H3,(H,23,24,26). The molecule has 4 rings (SSSR count). The van der Waals surface area contributed by atoms with Crippen LogP contribution >= 0.6 is 11.3 Å². The van der Waals surface area contributed by atoms with Crippen molar-refractivity contribution in [3.63, 3.8) is 0 Å². The van der Waals surface area contributed by atoms with Gasteiger partial charge in [0.05, 0.1) is 23.9 Å². The minimum atomic E-state index is -0.276. The lowest BCUT2D eigenvalue weighted by Gasteiger charge is -2.07. The molecule has 0 bridgehead atoms. The van der Waals surface area contributed by atoms with Crippen LogP contribution < -0.4 is 5.32 Å². The third kappa shape index (κ3) is 3.47. The van der Waals surface area contributed by atoms with Crippen molar-refractivity contribution in [1.29, 1.82) is 0 Å². The SMILES string of the molecule is Cc1ccc(-c2nc(NC(=O)c3cncn3-c3ccncc3)sc2C)nc1. The van der Waals surface area contributed by atoms with Gasteiger partial charge in [-0.05, 0) is 37.6 Å². The van der Waals surface area contributed by atoms with Crippen molar-refractivity contribution >= 4 is 22.4 Å². The first kappa shape index (κ1) is 17.0. The molecule has 0 spiro atoms. The predicted molar refractivity (Wildman–Crippen MR) is 104 cm³/mol. The quantitative estimate of drug-likeness (QED) is 0.587. The van der Waals surface area contributed by atoms with Crippen LogP contribution in [0.4, 0.5) is 5.13 Å². The van der Waals surface area contributed by atoms with E-state index in [9.17, 15) is 4.79 Å². The maximum absolute atomic E-state index is 12.7. The van der Waals surface area contributed by atoms with Crippen LogP contribution in [0.15, 0.2) is 55.4 Å². The molecule has 0 saturated heterocycles. The molecule has 0 atom stereocenters. The highest BCUT2D eigenvalue weighted by atomic mass is 32.1. The van der Waals surface area contributed by atoms with E-state index >= 15 is 0 Å². The fourth-order valence-electron chi connectivity index (χ4n) is 2.63. The Balaban J connectivity index is 1.59. The number of nitrogens with one attached hydrogen (secondary N) is 1. The van der Waals surface area contributed by atoms with Gasteiger partial charge in [-0.2, -0.15) is 0 Å². The first-order valence-electron chi connectivity index (χ1n) is 8.26. The number of carbonyl (C=O) groups is 1. The number of aromatic nitrogens is 5. The van der Waals surface area contributed by atoms with Crippen LogP contribution in [0.3, 0.4) is 0 Å². The highest BCUT2D eigenvalue weighted by Crippen LogP contribution is 2.29. The van der Waals surface area contributed by atoms with Gasteiger partial charge in [-0.3, -0.25) is 24.6 Å². The van der Waals surface area contributed by atoms with E-state index in [1.807, 2.05) is 38.1 Å². The van der Waals surface area contributed by atoms with Gasteiger partial charge in [0.15, 0.2) is 5.13 Å². The second-order valence-electron chi connectivity index (χ2n) is 5.95. The Hall–Kier alpha value is -3.39. The molecule has 8 heteroatoms. The fourth-order valence-corrected chi connectivity index (χ4v) is 3.45. The third-order valence-corrected chi connectivity index (χ3v) is 4.87. The molecule has 4 aromatic rings. The van der Waals surface area contributed by atoms with Crippen LogP contribution in [0.5, 0.6) is 0 Å². The van der Waals surface area contributed by atoms with E-state index in [0.717, 1.165) is 27.5 Å². The van der Waals surface area contributed by atoms with E-state index < -0.39 is 0 Å². The number of imidazole rings is 1. The fraction of sp³-hybridized carbons (Fsp3) is 0.105. The van der Waals surface area contributed by atoms with Crippen LogP contribution in [0.25, 0.3) is 17.1 Å². The second kappa shape index (κ2) is 7.08. The molecule has 1 N–H and O–H groups in total. The molecule has 4 aromatic heterocycles. The van der Waals surface area contributed by atoms with Gasteiger partial charge in [-0.15, -0.1) is 11.3 Å². The number of aryl methyl sites for hydroxylation is 2. The molecule has 0 aliphatic carbocycles. The molecule has 134 valence electrons. The number of amides is 1. The van der Waals surface area contributed by atoms with Crippen molar-refractivity contribution in [2.75, 3.05) is 5.32 Å². The first-order valence-corrected chi connectivity index (χ1v) is 9.08. The van der Waals surface area contributed by atoms with E-state index in [2.05, 4.69) is 25.3 Å². The van der Waals surface area contributed by atoms with Crippen molar-refractivity contribution in [3.05, 3.63) is 71.5 Å². The molecule has 0 aliphatic rings. The summed E-state index contributed by atoms with van der Waals surface area (Å²) in [5.41, 5.74) is 3.88. The lowest BCUT2D eigenvalue weighted by molar-refractivity contribution is 0.102. The van der Waals surface area contributed by atoms with Gasteiger partial charge in [-0.25, -0.2) is 9.97 Å². The predicted octanol–water partition coefficient (Wildman–Crippen LogP) is 3.65. The van der Waals surface area contributed by atoms with Crippen molar-refractivity contribution in [2.24, 2.45) is 0 Å². The zero-order valence-electron chi connectivity index (χ0n) is 14.7. The summed E-state index contributed by atoms with van der Waals surface area (Å²) in [5, 5.41) is 3.39. The monoisotopic (exact) mass is 376 g/mol. The molecular formula is C19H16N6OS. The van der Waals surface area contributed by atoms with Crippen LogP contribution in [0.2, 0.25) is 0 Å². The van der Waals surface area contributed by atoms with Crippen molar-refractivity contribution in [3.8, 4) is 17.1 Å². The van der Waals surface area contributed by atoms with Gasteiger partial charge >= 0.3 is 0 Å². The summed E-state index contributed by atoms with van der Waals surface area (Å²) in [5.74, 6) is -0.276. The highest BCUT2D eigenvalue weighted by molar-refractivity contribution is 7.16. The molecule has 0 fully saturated rings. The summed E-state index contributed by atoms with van der Waals surface area (Å²) in [4.78, 5) is 30.8. The Bertz CT molecular complexity index is 1090. The average molecular weight is 376 g/mol. The minimum absolute atomic E-state index is 0.276. The number of hydrogen-bond acceptors (Lipinski definition) is 6. The number of hydrogen-bond donors (Lipinski definition) is 1. The smallest absolute Gasteiger partial charge is 0.276 e. The second-order valence-corrected chi connectivity index (χ2v) is 7.16. The van der Waals surface area contributed by atoms with Crippen LogP contribution in [0, 0.1) is 13.8 Å². The highest BCUT2D eigenvalue weighted by Gasteiger charge is 2.17. The minimum Gasteiger partial charge on any atom is -0.296 e. The Labute approximate surface area is 159 Å². The number of pyridine rings is 2. The van der Waals surface area contributed by atoms with Crippen molar-refractivity contribution in [2.45, 2.75) is 13.8 Å². The topological polar surface area (TPSA) is 85.6 Å². The summed E-state index contributed by atoms with van der Waals surface area (Å²) in [6.07, 6.45) is 8.27. The molecular weight excluding hydrogens is 360 g/mol. The van der Waals surface area contributed by atoms with Gasteiger partial charge in [0.2, 0.25) is 0 Å². The van der Waals surface area contributed by atoms with Gasteiger partial charge in [0, 0.05) is 23.5 Å². The molecule has 27 heavy (non-hydrogen) atoms. The number of nitrogens with zero attached hydrogens (tertiary/aromatic N) is 5. The zero-order chi connectivity index (χ0) is 18.8. The Kier molecular flexibility index (Phi) is 4.47. The lowest BCUT2D eigenvalue weighted by Crippen LogP contribution is -2.16. The first-order chi connectivity index (χ1) is 13.1. The molecule has 7 nitrogen and oxygen atoms in total. The normalized spacial score (nSPS) is 10.7. The molecule has 1 amide bonds. The average Bonchev–Trinajstić information content (AvgIpc) is 3.30. The van der Waals surface area contributed by atoms with E-state index in [4.69, 9.17) is 0 Å². The number of rotatable bonds is 4. The molecule has 4 heterocycles. The van der Waals surface area contributed by atoms with Crippen LogP contribution in [-0.4, -0.2) is 30.4 Å². The maximum Gasteiger partial charge on any atom is 0.276 e. The Morgan fingerprint density at radius 1 is 1.07 bits per heavy atom. The summed E-state index contributed by atoms with van der Waals surface area (Å²) in [6, 6.07) is 7.55. The van der Waals surface area contributed by atoms with Gasteiger partial charge in [0.1, 0.15) is 11.4 Å². The Morgan fingerprint density at radius 3 is 2.63 bits per heavy atom. The molecule has 0 aromatic carbocycles. The zero-order valence-corrected chi connectivity index (χ0v) is 15.6. The van der Waals surface area contributed by atoms with Gasteiger partial charge in [0.25, 0.3) is 5.91 Å². The summed E-state index contributed by atoms with van der Waals surface area (Å²) >= 11 is 1.42. The number of thiazole rings is 1. The van der Waals surface area contributed by atoms with Crippen molar-refractivity contribution < 1.29 is 4.79 Å². The van der Waals surface area contributed by atoms with Crippen LogP contribution in [0.1, 0.15) is 20.9 Å². The molecule has 0 unspecified atom stereocenters. The van der Waals surface area contributed by atoms with Crippen molar-refractivity contribution in [1.82, 2.24) is 24.5 Å². The largest absolute Gasteiger partial charge is 0.296 e. The summed E-state index contributed by atoms with van der Waals surface area (Å²) in [7, 11) is 0. The number of anilines is 1. The van der Waals surface area contributed by atoms with E-state index in [1.54, 1.807) is 29.5 Å². The van der Waals surface area contributed by atoms with E-state index in [0.29, 0.717) is 10.8 Å². The molecule has 0 saturated carbocycles. The van der Waals surface area contributed by atoms with E-state index in [1.165, 1.54) is 17.5 Å². The number of carbonyl (C=O) groups excluding carboxylic acids is 1.